The maximum absolute atomic E-state index is 5.15. The lowest BCUT2D eigenvalue weighted by Gasteiger charge is -2.11. The Morgan fingerprint density at radius 3 is 3.00 bits per heavy atom. The van der Waals surface area contributed by atoms with Crippen LogP contribution >= 0.6 is 0 Å². The minimum absolute atomic E-state index is 0.248. The summed E-state index contributed by atoms with van der Waals surface area (Å²) in [6.07, 6.45) is 8.22. The number of rotatable bonds is 1. The normalized spacial score (nSPS) is 21.6. The van der Waals surface area contributed by atoms with Crippen molar-refractivity contribution in [3.8, 4) is 0 Å². The molecule has 1 aromatic rings. The molecule has 2 heterocycles. The fourth-order valence-electron chi connectivity index (χ4n) is 0.799. The zero-order valence-electron chi connectivity index (χ0n) is 5.66. The van der Waals surface area contributed by atoms with Gasteiger partial charge in [0.05, 0.1) is 6.26 Å². The maximum Gasteiger partial charge on any atom is 0.229 e. The highest BCUT2D eigenvalue weighted by Gasteiger charge is 2.08. The smallest absolute Gasteiger partial charge is 0.229 e. The van der Waals surface area contributed by atoms with Crippen molar-refractivity contribution < 1.29 is 4.74 Å². The lowest BCUT2D eigenvalue weighted by Crippen LogP contribution is -2.12. The van der Waals surface area contributed by atoms with Crippen LogP contribution in [0.2, 0.25) is 0 Å². The Morgan fingerprint density at radius 1 is 1.36 bits per heavy atom. The molecule has 1 aliphatic rings. The second-order valence-corrected chi connectivity index (χ2v) is 2.00. The molecule has 5 heteroatoms. The van der Waals surface area contributed by atoms with Crippen LogP contribution in [-0.4, -0.2) is 20.2 Å². The maximum atomic E-state index is 5.15. The van der Waals surface area contributed by atoms with Crippen LogP contribution in [-0.2, 0) is 4.74 Å². The summed E-state index contributed by atoms with van der Waals surface area (Å²) in [7, 11) is 0. The zero-order chi connectivity index (χ0) is 7.52. The van der Waals surface area contributed by atoms with Crippen molar-refractivity contribution in [1.82, 2.24) is 20.2 Å². The van der Waals surface area contributed by atoms with Crippen molar-refractivity contribution in [2.24, 2.45) is 0 Å². The fraction of sp³-hybridized carbons (Fsp3) is 0.167. The third kappa shape index (κ3) is 1.12. The first-order chi connectivity index (χ1) is 5.47. The van der Waals surface area contributed by atoms with E-state index in [0.717, 1.165) is 0 Å². The van der Waals surface area contributed by atoms with Crippen LogP contribution in [0.5, 0.6) is 0 Å². The lowest BCUT2D eigenvalue weighted by atomic mass is 10.4. The van der Waals surface area contributed by atoms with E-state index in [4.69, 9.17) is 4.74 Å². The van der Waals surface area contributed by atoms with Crippen LogP contribution < -0.4 is 0 Å². The Hall–Kier alpha value is -1.65. The summed E-state index contributed by atoms with van der Waals surface area (Å²) in [5, 5.41) is 11.1. The minimum atomic E-state index is -0.248. The quantitative estimate of drug-likeness (QED) is 0.576. The largest absolute Gasteiger partial charge is 0.471 e. The molecule has 0 fully saturated rings. The fourth-order valence-corrected chi connectivity index (χ4v) is 0.799. The highest BCUT2D eigenvalue weighted by atomic mass is 16.5. The van der Waals surface area contributed by atoms with Crippen LogP contribution in [0.15, 0.2) is 30.8 Å². The van der Waals surface area contributed by atoms with E-state index in [1.54, 1.807) is 12.3 Å². The van der Waals surface area contributed by atoms with Crippen molar-refractivity contribution >= 4 is 0 Å². The summed E-state index contributed by atoms with van der Waals surface area (Å²) in [6, 6.07) is 0. The molecular weight excluding hydrogens is 144 g/mol. The second-order valence-electron chi connectivity index (χ2n) is 2.00. The van der Waals surface area contributed by atoms with Crippen molar-refractivity contribution in [2.45, 2.75) is 6.23 Å². The number of nitrogens with zero attached hydrogens (tertiary/aromatic N) is 4. The number of tetrazole rings is 1. The van der Waals surface area contributed by atoms with E-state index >= 15 is 0 Å². The number of hydrogen-bond donors (Lipinski definition) is 0. The zero-order valence-corrected chi connectivity index (χ0v) is 5.66. The van der Waals surface area contributed by atoms with Gasteiger partial charge in [0.1, 0.15) is 0 Å². The molecule has 5 nitrogen and oxygen atoms in total. The first-order valence-electron chi connectivity index (χ1n) is 3.18. The van der Waals surface area contributed by atoms with E-state index in [2.05, 4.69) is 15.4 Å². The third-order valence-corrected chi connectivity index (χ3v) is 1.28. The van der Waals surface area contributed by atoms with Gasteiger partial charge in [-0.3, -0.25) is 0 Å². The first kappa shape index (κ1) is 6.09. The van der Waals surface area contributed by atoms with Gasteiger partial charge in [0.15, 0.2) is 6.33 Å². The van der Waals surface area contributed by atoms with Gasteiger partial charge in [0, 0.05) is 0 Å². The summed E-state index contributed by atoms with van der Waals surface area (Å²) < 4.78 is 5.15. The molecular formula is C6H6N4O. The van der Waals surface area contributed by atoms with Gasteiger partial charge in [-0.25, -0.2) is 0 Å². The van der Waals surface area contributed by atoms with Crippen molar-refractivity contribution in [3.05, 3.63) is 30.8 Å². The highest BCUT2D eigenvalue weighted by Crippen LogP contribution is 2.10. The number of hydrogen-bond acceptors (Lipinski definition) is 4. The Bertz CT molecular complexity index is 277. The average Bonchev–Trinajstić information content (AvgIpc) is 2.58. The molecule has 56 valence electrons. The van der Waals surface area contributed by atoms with Gasteiger partial charge in [-0.1, -0.05) is 6.08 Å². The van der Waals surface area contributed by atoms with Gasteiger partial charge in [-0.15, -0.1) is 15.0 Å². The molecule has 11 heavy (non-hydrogen) atoms. The summed E-state index contributed by atoms with van der Waals surface area (Å²) in [6.45, 7) is 0. The van der Waals surface area contributed by atoms with Gasteiger partial charge < -0.3 is 4.74 Å². The molecule has 0 spiro atoms. The number of allylic oxidation sites excluding steroid dienone is 2. The average molecular weight is 150 g/mol. The van der Waals surface area contributed by atoms with Crippen molar-refractivity contribution in [1.29, 1.82) is 0 Å². The molecule has 1 unspecified atom stereocenters. The van der Waals surface area contributed by atoms with Gasteiger partial charge in [0.2, 0.25) is 6.23 Å². The molecule has 2 rings (SSSR count). The molecule has 0 saturated carbocycles. The summed E-state index contributed by atoms with van der Waals surface area (Å²) >= 11 is 0. The molecule has 1 aromatic heterocycles. The standard InChI is InChI=1S/C6H6N4O/c1-2-4-11-6(3-1)10-8-5-7-9-10/h1-6H. The minimum Gasteiger partial charge on any atom is -0.471 e. The van der Waals surface area contributed by atoms with E-state index in [1.165, 1.54) is 11.1 Å². The van der Waals surface area contributed by atoms with E-state index in [9.17, 15) is 0 Å². The Kier molecular flexibility index (Phi) is 1.40. The predicted molar refractivity (Wildman–Crippen MR) is 36.2 cm³/mol. The SMILES string of the molecule is C1=COC(n2ncnn2)C=C1. The lowest BCUT2D eigenvalue weighted by molar-refractivity contribution is 0.0940. The van der Waals surface area contributed by atoms with Gasteiger partial charge in [-0.2, -0.15) is 0 Å². The van der Waals surface area contributed by atoms with Gasteiger partial charge >= 0.3 is 0 Å². The van der Waals surface area contributed by atoms with Crippen LogP contribution in [0.3, 0.4) is 0 Å². The molecule has 1 aliphatic heterocycles. The highest BCUT2D eigenvalue weighted by molar-refractivity contribution is 5.05. The van der Waals surface area contributed by atoms with Crippen molar-refractivity contribution in [3.63, 3.8) is 0 Å². The second kappa shape index (κ2) is 2.53. The number of aromatic nitrogens is 4. The molecule has 0 radical (unpaired) electrons. The number of ether oxygens (including phenoxy) is 1. The van der Waals surface area contributed by atoms with Crippen LogP contribution in [0, 0.1) is 0 Å². The molecule has 1 atom stereocenters. The third-order valence-electron chi connectivity index (χ3n) is 1.28. The summed E-state index contributed by atoms with van der Waals surface area (Å²) in [5.74, 6) is 0. The predicted octanol–water partition coefficient (Wildman–Crippen LogP) is 0.272. The molecule has 0 aliphatic carbocycles. The van der Waals surface area contributed by atoms with Gasteiger partial charge in [0.25, 0.3) is 0 Å². The van der Waals surface area contributed by atoms with Crippen LogP contribution in [0.1, 0.15) is 6.23 Å². The van der Waals surface area contributed by atoms with E-state index < -0.39 is 0 Å². The molecule has 0 saturated heterocycles. The van der Waals surface area contributed by atoms with Gasteiger partial charge in [-0.05, 0) is 17.4 Å². The van der Waals surface area contributed by atoms with Crippen molar-refractivity contribution in [2.75, 3.05) is 0 Å². The topological polar surface area (TPSA) is 52.8 Å². The Balaban J connectivity index is 2.19. The molecule has 0 aromatic carbocycles. The Labute approximate surface area is 63.0 Å². The summed E-state index contributed by atoms with van der Waals surface area (Å²) in [5.41, 5.74) is 0. The molecule has 0 N–H and O–H groups in total. The first-order valence-corrected chi connectivity index (χ1v) is 3.18. The Morgan fingerprint density at radius 2 is 2.36 bits per heavy atom. The van der Waals surface area contributed by atoms with E-state index in [-0.39, 0.29) is 6.23 Å². The van der Waals surface area contributed by atoms with Crippen LogP contribution in [0.4, 0.5) is 0 Å². The van der Waals surface area contributed by atoms with E-state index in [1.807, 2.05) is 12.2 Å². The molecule has 0 amide bonds. The summed E-state index contributed by atoms with van der Waals surface area (Å²) in [4.78, 5) is 1.39. The van der Waals surface area contributed by atoms with E-state index in [0.29, 0.717) is 0 Å². The monoisotopic (exact) mass is 150 g/mol. The van der Waals surface area contributed by atoms with Crippen LogP contribution in [0.25, 0.3) is 0 Å². The molecule has 0 bridgehead atoms.